The minimum atomic E-state index is -0.367. The van der Waals surface area contributed by atoms with Crippen molar-refractivity contribution in [3.05, 3.63) is 28.4 Å². The van der Waals surface area contributed by atoms with Crippen molar-refractivity contribution < 1.29 is 4.92 Å². The molecule has 0 aliphatic heterocycles. The number of aromatic nitrogens is 2. The van der Waals surface area contributed by atoms with Crippen LogP contribution in [0.15, 0.2) is 28.3 Å². The van der Waals surface area contributed by atoms with E-state index < -0.39 is 0 Å². The van der Waals surface area contributed by atoms with Crippen LogP contribution in [-0.4, -0.2) is 27.0 Å². The summed E-state index contributed by atoms with van der Waals surface area (Å²) in [6.45, 7) is 0. The summed E-state index contributed by atoms with van der Waals surface area (Å²) >= 11 is 2.76. The molecule has 5 nitrogen and oxygen atoms in total. The Kier molecular flexibility index (Phi) is 3.06. The first-order chi connectivity index (χ1) is 7.69. The van der Waals surface area contributed by atoms with Gasteiger partial charge in [0.15, 0.2) is 10.5 Å². The van der Waals surface area contributed by atoms with Gasteiger partial charge in [-0.3, -0.25) is 10.1 Å². The minimum absolute atomic E-state index is 0.0949. The number of hydrogen-bond acceptors (Lipinski definition) is 5. The van der Waals surface area contributed by atoms with Gasteiger partial charge in [0.2, 0.25) is 0 Å². The number of nitro groups is 1. The molecule has 2 aromatic heterocycles. The lowest BCUT2D eigenvalue weighted by Crippen LogP contribution is -1.90. The van der Waals surface area contributed by atoms with Crippen LogP contribution < -0.4 is 0 Å². The van der Waals surface area contributed by atoms with E-state index in [0.29, 0.717) is 10.5 Å². The molecule has 7 heteroatoms. The molecular weight excluding hydrogens is 246 g/mol. The second-order valence-corrected chi connectivity index (χ2v) is 4.63. The van der Waals surface area contributed by atoms with Crippen LogP contribution in [0.4, 0.5) is 5.69 Å². The van der Waals surface area contributed by atoms with Gasteiger partial charge in [0.05, 0.1) is 4.92 Å². The van der Waals surface area contributed by atoms with Crippen LogP contribution in [0.5, 0.6) is 0 Å². The van der Waals surface area contributed by atoms with Crippen molar-refractivity contribution in [2.24, 2.45) is 0 Å². The van der Waals surface area contributed by atoms with E-state index in [-0.39, 0.29) is 10.6 Å². The second kappa shape index (κ2) is 4.34. The van der Waals surface area contributed by atoms with Crippen LogP contribution in [0.2, 0.25) is 0 Å². The molecule has 0 aliphatic rings. The van der Waals surface area contributed by atoms with Crippen molar-refractivity contribution in [2.45, 2.75) is 9.92 Å². The standard InChI is InChI=1S/C9H9N3O2S2/c1-15-6-4-3-5-11-7(6)8(12(13)14)9(10-11)16-2/h3-5H,1-2H3. The molecule has 0 atom stereocenters. The number of thioether (sulfide) groups is 2. The Morgan fingerprint density at radius 2 is 2.19 bits per heavy atom. The quantitative estimate of drug-likeness (QED) is 0.479. The smallest absolute Gasteiger partial charge is 0.258 e. The third-order valence-electron chi connectivity index (χ3n) is 2.16. The average Bonchev–Trinajstić information content (AvgIpc) is 2.66. The number of hydrogen-bond donors (Lipinski definition) is 0. The van der Waals surface area contributed by atoms with Gasteiger partial charge in [0.1, 0.15) is 0 Å². The summed E-state index contributed by atoms with van der Waals surface area (Å²) in [7, 11) is 0. The fourth-order valence-electron chi connectivity index (χ4n) is 1.50. The Balaban J connectivity index is 2.86. The first-order valence-corrected chi connectivity index (χ1v) is 6.87. The Hall–Kier alpha value is -1.21. The van der Waals surface area contributed by atoms with Gasteiger partial charge in [-0.05, 0) is 24.6 Å². The van der Waals surface area contributed by atoms with E-state index in [1.54, 1.807) is 17.0 Å². The normalized spacial score (nSPS) is 10.9. The van der Waals surface area contributed by atoms with Crippen LogP contribution in [0.3, 0.4) is 0 Å². The van der Waals surface area contributed by atoms with E-state index in [1.165, 1.54) is 23.5 Å². The van der Waals surface area contributed by atoms with Crippen LogP contribution in [0.1, 0.15) is 0 Å². The van der Waals surface area contributed by atoms with Gasteiger partial charge < -0.3 is 0 Å². The molecule has 16 heavy (non-hydrogen) atoms. The Bertz CT molecular complexity index is 553. The van der Waals surface area contributed by atoms with Crippen molar-refractivity contribution in [2.75, 3.05) is 12.5 Å². The summed E-state index contributed by atoms with van der Waals surface area (Å²) in [6, 6.07) is 3.69. The Morgan fingerprint density at radius 1 is 1.44 bits per heavy atom. The summed E-state index contributed by atoms with van der Waals surface area (Å²) in [5.41, 5.74) is 0.668. The lowest BCUT2D eigenvalue weighted by molar-refractivity contribution is -0.386. The largest absolute Gasteiger partial charge is 0.329 e. The number of fused-ring (bicyclic) bond motifs is 1. The van der Waals surface area contributed by atoms with Gasteiger partial charge in [-0.1, -0.05) is 0 Å². The fraction of sp³-hybridized carbons (Fsp3) is 0.222. The SMILES string of the molecule is CSc1nn2cccc(SC)c2c1[N+](=O)[O-]. The van der Waals surface area contributed by atoms with Gasteiger partial charge in [-0.2, -0.15) is 5.10 Å². The van der Waals surface area contributed by atoms with Crippen molar-refractivity contribution >= 4 is 34.7 Å². The molecule has 0 amide bonds. The molecule has 0 fully saturated rings. The van der Waals surface area contributed by atoms with E-state index >= 15 is 0 Å². The zero-order valence-electron chi connectivity index (χ0n) is 8.71. The summed E-state index contributed by atoms with van der Waals surface area (Å²) < 4.78 is 1.57. The fourth-order valence-corrected chi connectivity index (χ4v) is 2.63. The molecule has 0 saturated carbocycles. The highest BCUT2D eigenvalue weighted by Crippen LogP contribution is 2.35. The monoisotopic (exact) mass is 255 g/mol. The minimum Gasteiger partial charge on any atom is -0.258 e. The van der Waals surface area contributed by atoms with Gasteiger partial charge in [0.25, 0.3) is 0 Å². The highest BCUT2D eigenvalue weighted by Gasteiger charge is 2.24. The number of pyridine rings is 1. The summed E-state index contributed by atoms with van der Waals surface area (Å²) in [6.07, 6.45) is 5.40. The molecule has 84 valence electrons. The van der Waals surface area contributed by atoms with Crippen LogP contribution >= 0.6 is 23.5 Å². The second-order valence-electron chi connectivity index (χ2n) is 2.98. The maximum Gasteiger partial charge on any atom is 0.329 e. The van der Waals surface area contributed by atoms with E-state index in [0.717, 1.165) is 4.90 Å². The zero-order chi connectivity index (χ0) is 11.7. The molecule has 2 rings (SSSR count). The Morgan fingerprint density at radius 3 is 2.75 bits per heavy atom. The molecule has 0 aromatic carbocycles. The molecule has 0 bridgehead atoms. The topological polar surface area (TPSA) is 60.4 Å². The molecule has 0 N–H and O–H groups in total. The highest BCUT2D eigenvalue weighted by atomic mass is 32.2. The summed E-state index contributed by atoms with van der Waals surface area (Å²) in [4.78, 5) is 11.5. The first-order valence-electron chi connectivity index (χ1n) is 4.42. The van der Waals surface area contributed by atoms with Crippen molar-refractivity contribution in [1.82, 2.24) is 9.61 Å². The molecule has 0 spiro atoms. The van der Waals surface area contributed by atoms with Crippen LogP contribution in [-0.2, 0) is 0 Å². The van der Waals surface area contributed by atoms with Gasteiger partial charge in [0, 0.05) is 11.1 Å². The van der Waals surface area contributed by atoms with Crippen molar-refractivity contribution in [3.63, 3.8) is 0 Å². The molecular formula is C9H9N3O2S2. The van der Waals surface area contributed by atoms with Crippen LogP contribution in [0, 0.1) is 10.1 Å². The number of rotatable bonds is 3. The maximum absolute atomic E-state index is 11.1. The highest BCUT2D eigenvalue weighted by molar-refractivity contribution is 7.99. The Labute approximate surface area is 100 Å². The third-order valence-corrected chi connectivity index (χ3v) is 3.59. The maximum atomic E-state index is 11.1. The first kappa shape index (κ1) is 11.3. The summed E-state index contributed by atoms with van der Waals surface area (Å²) in [5, 5.41) is 15.7. The van der Waals surface area contributed by atoms with Gasteiger partial charge in [-0.25, -0.2) is 4.52 Å². The zero-order valence-corrected chi connectivity index (χ0v) is 10.3. The molecule has 0 radical (unpaired) electrons. The van der Waals surface area contributed by atoms with E-state index in [2.05, 4.69) is 5.10 Å². The number of nitrogens with zero attached hydrogens (tertiary/aromatic N) is 3. The lowest BCUT2D eigenvalue weighted by atomic mass is 10.4. The third kappa shape index (κ3) is 1.65. The summed E-state index contributed by atoms with van der Waals surface area (Å²) in [5.74, 6) is 0. The van der Waals surface area contributed by atoms with Crippen molar-refractivity contribution in [1.29, 1.82) is 0 Å². The molecule has 2 aromatic rings. The van der Waals surface area contributed by atoms with Gasteiger partial charge in [-0.15, -0.1) is 23.5 Å². The van der Waals surface area contributed by atoms with Crippen LogP contribution in [0.25, 0.3) is 5.52 Å². The predicted molar refractivity (Wildman–Crippen MR) is 65.4 cm³/mol. The molecule has 0 unspecified atom stereocenters. The van der Waals surface area contributed by atoms with E-state index in [4.69, 9.17) is 0 Å². The molecule has 0 aliphatic carbocycles. The average molecular weight is 255 g/mol. The van der Waals surface area contributed by atoms with E-state index in [9.17, 15) is 10.1 Å². The van der Waals surface area contributed by atoms with Crippen molar-refractivity contribution in [3.8, 4) is 0 Å². The lowest BCUT2D eigenvalue weighted by Gasteiger charge is -1.98. The molecule has 2 heterocycles. The molecule has 0 saturated heterocycles. The van der Waals surface area contributed by atoms with Gasteiger partial charge >= 0.3 is 5.69 Å². The predicted octanol–water partition coefficient (Wildman–Crippen LogP) is 2.69. The van der Waals surface area contributed by atoms with E-state index in [1.807, 2.05) is 18.4 Å².